The van der Waals surface area contributed by atoms with Crippen molar-refractivity contribution in [1.29, 1.82) is 0 Å². The molecule has 0 bridgehead atoms. The first-order valence-electron chi connectivity index (χ1n) is 5.77. The van der Waals surface area contributed by atoms with Crippen LogP contribution in [-0.2, 0) is 4.74 Å². The highest BCUT2D eigenvalue weighted by Gasteiger charge is 2.30. The maximum atomic E-state index is 9.60. The summed E-state index contributed by atoms with van der Waals surface area (Å²) in [6.45, 7) is 0. The first kappa shape index (κ1) is 10.4. The molecule has 0 spiro atoms. The van der Waals surface area contributed by atoms with Crippen molar-refractivity contribution in [1.82, 2.24) is 0 Å². The van der Waals surface area contributed by atoms with Gasteiger partial charge in [0.2, 0.25) is 0 Å². The van der Waals surface area contributed by atoms with Gasteiger partial charge in [-0.05, 0) is 44.9 Å². The highest BCUT2D eigenvalue weighted by atomic mass is 16.5. The summed E-state index contributed by atoms with van der Waals surface area (Å²) in [6.07, 6.45) is 6.55. The molecule has 14 heavy (non-hydrogen) atoms. The molecule has 82 valence electrons. The lowest BCUT2D eigenvalue weighted by Gasteiger charge is -2.29. The molecule has 0 saturated heterocycles. The second kappa shape index (κ2) is 4.60. The Morgan fingerprint density at radius 3 is 2.14 bits per heavy atom. The van der Waals surface area contributed by atoms with Gasteiger partial charge in [0.1, 0.15) is 0 Å². The average molecular weight is 200 g/mol. The Morgan fingerprint density at radius 2 is 1.57 bits per heavy atom. The molecule has 3 heteroatoms. The first-order chi connectivity index (χ1) is 6.75. The van der Waals surface area contributed by atoms with Crippen molar-refractivity contribution in [2.75, 3.05) is 0 Å². The largest absolute Gasteiger partial charge is 0.393 e. The second-order valence-corrected chi connectivity index (χ2v) is 4.60. The minimum Gasteiger partial charge on any atom is -0.393 e. The molecular weight excluding hydrogens is 180 g/mol. The van der Waals surface area contributed by atoms with Gasteiger partial charge < -0.3 is 14.9 Å². The van der Waals surface area contributed by atoms with Gasteiger partial charge in [-0.1, -0.05) is 0 Å². The zero-order valence-electron chi connectivity index (χ0n) is 8.56. The lowest BCUT2D eigenvalue weighted by Crippen LogP contribution is -2.32. The van der Waals surface area contributed by atoms with Gasteiger partial charge in [-0.3, -0.25) is 0 Å². The van der Waals surface area contributed by atoms with E-state index in [0.29, 0.717) is 0 Å². The molecule has 2 saturated carbocycles. The number of ether oxygens (including phenoxy) is 1. The molecular formula is C11H20O3. The van der Waals surface area contributed by atoms with Gasteiger partial charge in [0.05, 0.1) is 24.4 Å². The van der Waals surface area contributed by atoms with E-state index in [2.05, 4.69) is 0 Å². The summed E-state index contributed by atoms with van der Waals surface area (Å²) >= 11 is 0. The van der Waals surface area contributed by atoms with Gasteiger partial charge >= 0.3 is 0 Å². The van der Waals surface area contributed by atoms with E-state index in [1.807, 2.05) is 0 Å². The van der Waals surface area contributed by atoms with E-state index in [9.17, 15) is 10.2 Å². The topological polar surface area (TPSA) is 49.7 Å². The number of aliphatic hydroxyl groups is 2. The standard InChI is InChI=1S/C11H20O3/c12-8-4-6-9(7-5-8)14-11-3-1-2-10(11)13/h8-13H,1-7H2. The molecule has 2 fully saturated rings. The number of rotatable bonds is 2. The first-order valence-corrected chi connectivity index (χ1v) is 5.77. The van der Waals surface area contributed by atoms with Gasteiger partial charge in [-0.15, -0.1) is 0 Å². The quantitative estimate of drug-likeness (QED) is 0.704. The van der Waals surface area contributed by atoms with Crippen molar-refractivity contribution < 1.29 is 14.9 Å². The van der Waals surface area contributed by atoms with Crippen LogP contribution < -0.4 is 0 Å². The van der Waals surface area contributed by atoms with Crippen molar-refractivity contribution >= 4 is 0 Å². The van der Waals surface area contributed by atoms with E-state index in [1.165, 1.54) is 0 Å². The Bertz CT molecular complexity index is 175. The monoisotopic (exact) mass is 200 g/mol. The van der Waals surface area contributed by atoms with Gasteiger partial charge in [-0.2, -0.15) is 0 Å². The molecule has 0 heterocycles. The number of aliphatic hydroxyl groups excluding tert-OH is 2. The molecule has 0 aliphatic heterocycles. The van der Waals surface area contributed by atoms with Crippen LogP contribution in [0.5, 0.6) is 0 Å². The number of hydrogen-bond donors (Lipinski definition) is 2. The summed E-state index contributed by atoms with van der Waals surface area (Å²) in [5, 5.41) is 18.9. The van der Waals surface area contributed by atoms with Crippen LogP contribution >= 0.6 is 0 Å². The van der Waals surface area contributed by atoms with Crippen molar-refractivity contribution in [3.05, 3.63) is 0 Å². The zero-order chi connectivity index (χ0) is 9.97. The van der Waals surface area contributed by atoms with Crippen LogP contribution in [0.4, 0.5) is 0 Å². The summed E-state index contributed by atoms with van der Waals surface area (Å²) in [6, 6.07) is 0. The van der Waals surface area contributed by atoms with Crippen LogP contribution in [-0.4, -0.2) is 34.6 Å². The van der Waals surface area contributed by atoms with Crippen LogP contribution in [0.2, 0.25) is 0 Å². The summed E-state index contributed by atoms with van der Waals surface area (Å²) in [4.78, 5) is 0. The molecule has 3 nitrogen and oxygen atoms in total. The zero-order valence-corrected chi connectivity index (χ0v) is 8.56. The van der Waals surface area contributed by atoms with E-state index < -0.39 is 0 Å². The van der Waals surface area contributed by atoms with Gasteiger partial charge in [-0.25, -0.2) is 0 Å². The third kappa shape index (κ3) is 2.47. The molecule has 2 aliphatic carbocycles. The fourth-order valence-electron chi connectivity index (χ4n) is 2.49. The maximum Gasteiger partial charge on any atom is 0.0837 e. The molecule has 2 N–H and O–H groups in total. The SMILES string of the molecule is OC1CCC(OC2CCCC2O)CC1. The minimum absolute atomic E-state index is 0.0650. The van der Waals surface area contributed by atoms with Crippen molar-refractivity contribution in [2.24, 2.45) is 0 Å². The Balaban J connectivity index is 1.74. The second-order valence-electron chi connectivity index (χ2n) is 4.60. The van der Waals surface area contributed by atoms with E-state index in [4.69, 9.17) is 4.74 Å². The molecule has 2 rings (SSSR count). The third-order valence-corrected chi connectivity index (χ3v) is 3.43. The van der Waals surface area contributed by atoms with Crippen LogP contribution in [0, 0.1) is 0 Å². The van der Waals surface area contributed by atoms with Gasteiger partial charge in [0.15, 0.2) is 0 Å². The molecule has 2 unspecified atom stereocenters. The van der Waals surface area contributed by atoms with E-state index in [1.54, 1.807) is 0 Å². The van der Waals surface area contributed by atoms with E-state index in [-0.39, 0.29) is 24.4 Å². The lowest BCUT2D eigenvalue weighted by atomic mass is 9.95. The van der Waals surface area contributed by atoms with Gasteiger partial charge in [0.25, 0.3) is 0 Å². The highest BCUT2D eigenvalue weighted by molar-refractivity contribution is 4.80. The van der Waals surface area contributed by atoms with Crippen molar-refractivity contribution in [3.63, 3.8) is 0 Å². The van der Waals surface area contributed by atoms with Crippen LogP contribution in [0.3, 0.4) is 0 Å². The Hall–Kier alpha value is -0.120. The molecule has 0 aromatic heterocycles. The maximum absolute atomic E-state index is 9.60. The Morgan fingerprint density at radius 1 is 0.857 bits per heavy atom. The van der Waals surface area contributed by atoms with E-state index in [0.717, 1.165) is 44.9 Å². The minimum atomic E-state index is -0.248. The molecule has 2 aliphatic rings. The normalized spacial score (nSPS) is 44.1. The summed E-state index contributed by atoms with van der Waals surface area (Å²) < 4.78 is 5.85. The predicted molar refractivity (Wildman–Crippen MR) is 53.0 cm³/mol. The van der Waals surface area contributed by atoms with Crippen LogP contribution in [0.25, 0.3) is 0 Å². The smallest absolute Gasteiger partial charge is 0.0837 e. The fourth-order valence-corrected chi connectivity index (χ4v) is 2.49. The Kier molecular flexibility index (Phi) is 3.42. The molecule has 0 radical (unpaired) electrons. The molecule has 2 atom stereocenters. The van der Waals surface area contributed by atoms with Gasteiger partial charge in [0, 0.05) is 0 Å². The molecule has 0 aromatic carbocycles. The van der Waals surface area contributed by atoms with Crippen molar-refractivity contribution in [3.8, 4) is 0 Å². The molecule has 0 amide bonds. The van der Waals surface area contributed by atoms with Crippen molar-refractivity contribution in [2.45, 2.75) is 69.4 Å². The predicted octanol–water partition coefficient (Wildman–Crippen LogP) is 1.22. The summed E-state index contributed by atoms with van der Waals surface area (Å²) in [5.74, 6) is 0. The number of hydrogen-bond acceptors (Lipinski definition) is 3. The highest BCUT2D eigenvalue weighted by Crippen LogP contribution is 2.28. The van der Waals surface area contributed by atoms with E-state index >= 15 is 0 Å². The molecule has 0 aromatic rings. The lowest BCUT2D eigenvalue weighted by molar-refractivity contribution is -0.0833. The summed E-state index contributed by atoms with van der Waals surface area (Å²) in [7, 11) is 0. The Labute approximate surface area is 85.1 Å². The third-order valence-electron chi connectivity index (χ3n) is 3.43. The summed E-state index contributed by atoms with van der Waals surface area (Å²) in [5.41, 5.74) is 0. The fraction of sp³-hybridized carbons (Fsp3) is 1.00. The average Bonchev–Trinajstić information content (AvgIpc) is 2.56. The van der Waals surface area contributed by atoms with Crippen LogP contribution in [0.1, 0.15) is 44.9 Å². The van der Waals surface area contributed by atoms with Crippen LogP contribution in [0.15, 0.2) is 0 Å².